The molecule has 0 saturated heterocycles. The van der Waals surface area contributed by atoms with Crippen molar-refractivity contribution in [3.8, 4) is 11.5 Å². The van der Waals surface area contributed by atoms with E-state index in [2.05, 4.69) is 10.6 Å². The molecule has 1 heterocycles. The van der Waals surface area contributed by atoms with Gasteiger partial charge in [0.1, 0.15) is 0 Å². The Morgan fingerprint density at radius 2 is 2.11 bits per heavy atom. The topological polar surface area (TPSA) is 59.6 Å². The first kappa shape index (κ1) is 12.5. The van der Waals surface area contributed by atoms with Gasteiger partial charge in [-0.25, -0.2) is 4.79 Å². The molecule has 0 spiro atoms. The second-order valence-electron chi connectivity index (χ2n) is 4.52. The Balaban J connectivity index is 2.29. The molecule has 18 heavy (non-hydrogen) atoms. The second-order valence-corrected chi connectivity index (χ2v) is 4.52. The van der Waals surface area contributed by atoms with Crippen molar-refractivity contribution in [2.45, 2.75) is 33.0 Å². The normalized spacial score (nSPS) is 20.7. The summed E-state index contributed by atoms with van der Waals surface area (Å²) in [7, 11) is 1.57. The summed E-state index contributed by atoms with van der Waals surface area (Å²) in [6.45, 7) is 5.84. The molecule has 0 saturated carbocycles. The summed E-state index contributed by atoms with van der Waals surface area (Å²) >= 11 is 0. The molecule has 1 unspecified atom stereocenters. The Kier molecular flexibility index (Phi) is 3.07. The van der Waals surface area contributed by atoms with Gasteiger partial charge >= 0.3 is 6.03 Å². The first-order chi connectivity index (χ1) is 8.47. The summed E-state index contributed by atoms with van der Waals surface area (Å²) in [6.07, 6.45) is 0.749. The van der Waals surface area contributed by atoms with Crippen molar-refractivity contribution in [1.82, 2.24) is 5.32 Å². The van der Waals surface area contributed by atoms with E-state index in [1.807, 2.05) is 26.8 Å². The van der Waals surface area contributed by atoms with E-state index < -0.39 is 5.79 Å². The lowest BCUT2D eigenvalue weighted by atomic mass is 10.2. The number of amides is 2. The van der Waals surface area contributed by atoms with Crippen molar-refractivity contribution in [3.63, 3.8) is 0 Å². The van der Waals surface area contributed by atoms with Crippen molar-refractivity contribution in [2.24, 2.45) is 0 Å². The third kappa shape index (κ3) is 2.20. The van der Waals surface area contributed by atoms with Crippen LogP contribution in [0.1, 0.15) is 25.8 Å². The molecule has 0 radical (unpaired) electrons. The van der Waals surface area contributed by atoms with Crippen LogP contribution in [0.15, 0.2) is 12.1 Å². The zero-order chi connectivity index (χ0) is 13.3. The number of benzene rings is 1. The molecule has 1 aliphatic rings. The van der Waals surface area contributed by atoms with Gasteiger partial charge in [0.15, 0.2) is 11.5 Å². The van der Waals surface area contributed by atoms with Crippen molar-refractivity contribution < 1.29 is 14.3 Å². The lowest BCUT2D eigenvalue weighted by Crippen LogP contribution is -2.33. The molecule has 5 nitrogen and oxygen atoms in total. The maximum absolute atomic E-state index is 11.3. The van der Waals surface area contributed by atoms with Gasteiger partial charge < -0.3 is 20.1 Å². The molecule has 0 aromatic heterocycles. The van der Waals surface area contributed by atoms with E-state index in [0.29, 0.717) is 11.4 Å². The molecule has 1 aromatic carbocycles. The first-order valence-corrected chi connectivity index (χ1v) is 5.99. The van der Waals surface area contributed by atoms with Gasteiger partial charge in [-0.2, -0.15) is 0 Å². The van der Waals surface area contributed by atoms with Crippen LogP contribution in [0.3, 0.4) is 0 Å². The molecule has 1 aromatic rings. The van der Waals surface area contributed by atoms with E-state index in [9.17, 15) is 4.79 Å². The third-order valence-corrected chi connectivity index (χ3v) is 3.01. The number of nitrogens with one attached hydrogen (secondary N) is 2. The van der Waals surface area contributed by atoms with Gasteiger partial charge in [0, 0.05) is 32.1 Å². The molecule has 1 atom stereocenters. The van der Waals surface area contributed by atoms with E-state index >= 15 is 0 Å². The average molecular weight is 250 g/mol. The molecule has 1 aliphatic heterocycles. The fraction of sp³-hybridized carbons (Fsp3) is 0.462. The van der Waals surface area contributed by atoms with Gasteiger partial charge in [0.25, 0.3) is 0 Å². The quantitative estimate of drug-likeness (QED) is 0.848. The Hall–Kier alpha value is -1.91. The van der Waals surface area contributed by atoms with Crippen LogP contribution in [-0.4, -0.2) is 18.9 Å². The number of ether oxygens (including phenoxy) is 2. The molecular formula is C13H18N2O3. The zero-order valence-corrected chi connectivity index (χ0v) is 11.1. The number of anilines is 1. The Bertz CT molecular complexity index is 487. The second kappa shape index (κ2) is 4.40. The van der Waals surface area contributed by atoms with E-state index in [4.69, 9.17) is 9.47 Å². The lowest BCUT2D eigenvalue weighted by molar-refractivity contribution is -0.0642. The summed E-state index contributed by atoms with van der Waals surface area (Å²) in [6, 6.07) is 3.38. The molecule has 2 rings (SSSR count). The predicted molar refractivity (Wildman–Crippen MR) is 69.2 cm³/mol. The van der Waals surface area contributed by atoms with Crippen molar-refractivity contribution in [2.75, 3.05) is 12.4 Å². The predicted octanol–water partition coefficient (Wildman–Crippen LogP) is 2.64. The van der Waals surface area contributed by atoms with Gasteiger partial charge in [-0.1, -0.05) is 6.92 Å². The number of aryl methyl sites for hydroxylation is 1. The molecule has 2 amide bonds. The first-order valence-electron chi connectivity index (χ1n) is 5.99. The van der Waals surface area contributed by atoms with Crippen LogP contribution in [0.5, 0.6) is 11.5 Å². The number of carbonyl (C=O) groups excluding carboxylic acids is 1. The lowest BCUT2D eigenvalue weighted by Gasteiger charge is -2.20. The fourth-order valence-electron chi connectivity index (χ4n) is 1.83. The maximum Gasteiger partial charge on any atom is 0.318 e. The van der Waals surface area contributed by atoms with Crippen molar-refractivity contribution in [1.29, 1.82) is 0 Å². The highest BCUT2D eigenvalue weighted by Gasteiger charge is 2.36. The van der Waals surface area contributed by atoms with Gasteiger partial charge in [-0.05, 0) is 18.6 Å². The summed E-state index contributed by atoms with van der Waals surface area (Å²) in [5.74, 6) is 0.811. The summed E-state index contributed by atoms with van der Waals surface area (Å²) < 4.78 is 11.6. The van der Waals surface area contributed by atoms with Crippen LogP contribution in [0, 0.1) is 6.92 Å². The molecule has 0 bridgehead atoms. The average Bonchev–Trinajstić information content (AvgIpc) is 2.67. The SMILES string of the molecule is CCC1(C)Oc2cc(NC(=O)NC)cc(C)c2O1. The minimum atomic E-state index is -0.612. The minimum absolute atomic E-state index is 0.258. The highest BCUT2D eigenvalue weighted by Crippen LogP contribution is 2.44. The summed E-state index contributed by atoms with van der Waals surface area (Å²) in [5, 5.41) is 5.23. The number of carbonyl (C=O) groups is 1. The van der Waals surface area contributed by atoms with Crippen LogP contribution in [0.4, 0.5) is 10.5 Å². The number of fused-ring (bicyclic) bond motifs is 1. The standard InChI is InChI=1S/C13H18N2O3/c1-5-13(3)17-10-7-9(15-12(16)14-4)6-8(2)11(10)18-13/h6-7H,5H2,1-4H3,(H2,14,15,16). The number of hydrogen-bond acceptors (Lipinski definition) is 3. The Morgan fingerprint density at radius 3 is 2.72 bits per heavy atom. The molecular weight excluding hydrogens is 232 g/mol. The molecule has 5 heteroatoms. The van der Waals surface area contributed by atoms with Crippen LogP contribution in [-0.2, 0) is 0 Å². The van der Waals surface area contributed by atoms with Crippen molar-refractivity contribution in [3.05, 3.63) is 17.7 Å². The smallest absolute Gasteiger partial charge is 0.318 e. The maximum atomic E-state index is 11.3. The van der Waals surface area contributed by atoms with E-state index in [0.717, 1.165) is 17.7 Å². The number of urea groups is 1. The Labute approximate surface area is 106 Å². The highest BCUT2D eigenvalue weighted by molar-refractivity contribution is 5.89. The van der Waals surface area contributed by atoms with Gasteiger partial charge in [-0.3, -0.25) is 0 Å². The van der Waals surface area contributed by atoms with Gasteiger partial charge in [0.05, 0.1) is 0 Å². The largest absolute Gasteiger partial charge is 0.449 e. The molecule has 0 fully saturated rings. The van der Waals surface area contributed by atoms with E-state index in [1.165, 1.54) is 0 Å². The van der Waals surface area contributed by atoms with Gasteiger partial charge in [-0.15, -0.1) is 0 Å². The van der Waals surface area contributed by atoms with Crippen LogP contribution in [0.2, 0.25) is 0 Å². The van der Waals surface area contributed by atoms with Gasteiger partial charge in [0.2, 0.25) is 5.79 Å². The summed E-state index contributed by atoms with van der Waals surface area (Å²) in [5.41, 5.74) is 1.63. The molecule has 0 aliphatic carbocycles. The zero-order valence-electron chi connectivity index (χ0n) is 11.1. The summed E-state index contributed by atoms with van der Waals surface area (Å²) in [4.78, 5) is 11.3. The Morgan fingerprint density at radius 1 is 1.39 bits per heavy atom. The number of rotatable bonds is 2. The fourth-order valence-corrected chi connectivity index (χ4v) is 1.83. The highest BCUT2D eigenvalue weighted by atomic mass is 16.7. The van der Waals surface area contributed by atoms with Crippen LogP contribution in [0.25, 0.3) is 0 Å². The molecule has 2 N–H and O–H groups in total. The third-order valence-electron chi connectivity index (χ3n) is 3.01. The van der Waals surface area contributed by atoms with Crippen LogP contribution < -0.4 is 20.1 Å². The molecule has 98 valence electrons. The van der Waals surface area contributed by atoms with Crippen molar-refractivity contribution >= 4 is 11.7 Å². The monoisotopic (exact) mass is 250 g/mol. The minimum Gasteiger partial charge on any atom is -0.449 e. The van der Waals surface area contributed by atoms with Crippen LogP contribution >= 0.6 is 0 Å². The number of hydrogen-bond donors (Lipinski definition) is 2. The van der Waals surface area contributed by atoms with E-state index in [-0.39, 0.29) is 6.03 Å². The van der Waals surface area contributed by atoms with E-state index in [1.54, 1.807) is 13.1 Å².